The molecule has 1 saturated heterocycles. The number of hydrogen-bond acceptors (Lipinski definition) is 4. The van der Waals surface area contributed by atoms with Gasteiger partial charge in [-0.15, -0.1) is 0 Å². The van der Waals surface area contributed by atoms with Gasteiger partial charge in [0.25, 0.3) is 0 Å². The second-order valence-corrected chi connectivity index (χ2v) is 7.46. The van der Waals surface area contributed by atoms with Crippen molar-refractivity contribution < 1.29 is 19.1 Å². The second-order valence-electron chi connectivity index (χ2n) is 7.06. The van der Waals surface area contributed by atoms with E-state index < -0.39 is 11.9 Å². The SMILES string of the molecule is O=C(O)[C@@H]1CC(=O)N(c2ccc3nc(-c4cccc5c(Cl)cccc45)oc3c2)C1. The number of oxazole rings is 1. The van der Waals surface area contributed by atoms with E-state index in [9.17, 15) is 14.7 Å². The Morgan fingerprint density at radius 1 is 1.14 bits per heavy atom. The van der Waals surface area contributed by atoms with Crippen LogP contribution in [0.5, 0.6) is 0 Å². The first-order chi connectivity index (χ1) is 14.0. The third-order valence-corrected chi connectivity index (χ3v) is 5.59. The lowest BCUT2D eigenvalue weighted by molar-refractivity contribution is -0.141. The molecule has 0 unspecified atom stereocenters. The van der Waals surface area contributed by atoms with Gasteiger partial charge in [0.1, 0.15) is 5.52 Å². The summed E-state index contributed by atoms with van der Waals surface area (Å²) in [6.45, 7) is 0.155. The molecular weight excluding hydrogens is 392 g/mol. The second kappa shape index (κ2) is 6.60. The predicted octanol–water partition coefficient (Wildman–Crippen LogP) is 4.74. The fraction of sp³-hybridized carbons (Fsp3) is 0.136. The normalized spacial score (nSPS) is 16.8. The number of anilines is 1. The van der Waals surface area contributed by atoms with Gasteiger partial charge >= 0.3 is 5.97 Å². The highest BCUT2D eigenvalue weighted by atomic mass is 35.5. The van der Waals surface area contributed by atoms with Gasteiger partial charge in [-0.05, 0) is 29.7 Å². The minimum Gasteiger partial charge on any atom is -0.481 e. The van der Waals surface area contributed by atoms with E-state index in [1.807, 2.05) is 36.4 Å². The number of aromatic nitrogens is 1. The molecule has 6 nitrogen and oxygen atoms in total. The summed E-state index contributed by atoms with van der Waals surface area (Å²) in [5.41, 5.74) is 2.62. The third-order valence-electron chi connectivity index (χ3n) is 5.26. The molecule has 2 heterocycles. The van der Waals surface area contributed by atoms with Crippen molar-refractivity contribution in [2.75, 3.05) is 11.4 Å². The van der Waals surface area contributed by atoms with E-state index in [0.29, 0.717) is 27.7 Å². The number of hydrogen-bond donors (Lipinski definition) is 1. The highest BCUT2D eigenvalue weighted by molar-refractivity contribution is 6.35. The standard InChI is InChI=1S/C22H15ClN2O4/c23-17-6-2-3-14-15(17)4-1-5-16(14)21-24-18-8-7-13(10-19(18)29-21)25-11-12(22(27)28)9-20(25)26/h1-8,10,12H,9,11H2,(H,27,28)/t12-/m1/s1. The van der Waals surface area contributed by atoms with Crippen LogP contribution in [0.25, 0.3) is 33.3 Å². The maximum absolute atomic E-state index is 12.2. The molecule has 1 N–H and O–H groups in total. The molecule has 1 atom stereocenters. The molecule has 1 fully saturated rings. The number of amides is 1. The summed E-state index contributed by atoms with van der Waals surface area (Å²) in [7, 11) is 0. The molecule has 4 aromatic rings. The van der Waals surface area contributed by atoms with E-state index >= 15 is 0 Å². The van der Waals surface area contributed by atoms with Crippen LogP contribution in [0.2, 0.25) is 5.02 Å². The van der Waals surface area contributed by atoms with Gasteiger partial charge in [0.05, 0.1) is 5.92 Å². The molecule has 0 spiro atoms. The zero-order valence-electron chi connectivity index (χ0n) is 15.1. The van der Waals surface area contributed by atoms with Crippen LogP contribution < -0.4 is 4.90 Å². The molecule has 3 aromatic carbocycles. The summed E-state index contributed by atoms with van der Waals surface area (Å²) < 4.78 is 6.00. The van der Waals surface area contributed by atoms with Crippen LogP contribution >= 0.6 is 11.6 Å². The zero-order valence-corrected chi connectivity index (χ0v) is 15.9. The van der Waals surface area contributed by atoms with E-state index in [0.717, 1.165) is 16.3 Å². The van der Waals surface area contributed by atoms with Crippen LogP contribution in [0.4, 0.5) is 5.69 Å². The Balaban J connectivity index is 1.57. The van der Waals surface area contributed by atoms with Crippen LogP contribution in [0.3, 0.4) is 0 Å². The quantitative estimate of drug-likeness (QED) is 0.531. The van der Waals surface area contributed by atoms with E-state index in [4.69, 9.17) is 16.0 Å². The van der Waals surface area contributed by atoms with Crippen LogP contribution in [-0.4, -0.2) is 28.5 Å². The number of benzene rings is 3. The molecule has 7 heteroatoms. The van der Waals surface area contributed by atoms with Gasteiger partial charge in [-0.25, -0.2) is 4.98 Å². The smallest absolute Gasteiger partial charge is 0.308 e. The van der Waals surface area contributed by atoms with Crippen molar-refractivity contribution in [3.8, 4) is 11.5 Å². The van der Waals surface area contributed by atoms with Crippen LogP contribution in [-0.2, 0) is 9.59 Å². The first-order valence-electron chi connectivity index (χ1n) is 9.12. The van der Waals surface area contributed by atoms with Crippen molar-refractivity contribution in [3.05, 3.63) is 59.6 Å². The Kier molecular flexibility index (Phi) is 4.03. The average molecular weight is 407 g/mol. The van der Waals surface area contributed by atoms with Gasteiger partial charge < -0.3 is 14.4 Å². The number of aliphatic carboxylic acids is 1. The molecule has 0 bridgehead atoms. The topological polar surface area (TPSA) is 83.6 Å². The van der Waals surface area contributed by atoms with E-state index in [-0.39, 0.29) is 18.9 Å². The van der Waals surface area contributed by atoms with Crippen molar-refractivity contribution >= 4 is 51.0 Å². The summed E-state index contributed by atoms with van der Waals surface area (Å²) >= 11 is 6.31. The van der Waals surface area contributed by atoms with Crippen LogP contribution in [0.15, 0.2) is 59.0 Å². The van der Waals surface area contributed by atoms with E-state index in [1.54, 1.807) is 18.2 Å². The first kappa shape index (κ1) is 17.7. The molecule has 29 heavy (non-hydrogen) atoms. The molecule has 1 aliphatic rings. The van der Waals surface area contributed by atoms with Gasteiger partial charge in [-0.3, -0.25) is 9.59 Å². The third kappa shape index (κ3) is 2.93. The lowest BCUT2D eigenvalue weighted by atomic mass is 10.0. The lowest BCUT2D eigenvalue weighted by Crippen LogP contribution is -2.25. The highest BCUT2D eigenvalue weighted by Gasteiger charge is 2.35. The summed E-state index contributed by atoms with van der Waals surface area (Å²) in [6.07, 6.45) is 0.00574. The molecule has 0 aliphatic carbocycles. The molecule has 0 radical (unpaired) electrons. The maximum atomic E-state index is 12.2. The molecule has 1 amide bonds. The van der Waals surface area contributed by atoms with Crippen molar-refractivity contribution in [1.82, 2.24) is 4.98 Å². The number of fused-ring (bicyclic) bond motifs is 2. The fourth-order valence-electron chi connectivity index (χ4n) is 3.78. The van der Waals surface area contributed by atoms with Gasteiger partial charge in [0.2, 0.25) is 11.8 Å². The summed E-state index contributed by atoms with van der Waals surface area (Å²) in [6, 6.07) is 16.7. The summed E-state index contributed by atoms with van der Waals surface area (Å²) in [5, 5.41) is 11.7. The van der Waals surface area contributed by atoms with Gasteiger partial charge in [0.15, 0.2) is 5.58 Å². The van der Waals surface area contributed by atoms with Gasteiger partial charge in [-0.2, -0.15) is 0 Å². The zero-order chi connectivity index (χ0) is 20.1. The fourth-order valence-corrected chi connectivity index (χ4v) is 4.01. The van der Waals surface area contributed by atoms with Gasteiger partial charge in [0, 0.05) is 40.7 Å². The Morgan fingerprint density at radius 2 is 1.93 bits per heavy atom. The Bertz CT molecular complexity index is 1300. The average Bonchev–Trinajstić information content (AvgIpc) is 3.31. The molecule has 1 aromatic heterocycles. The highest BCUT2D eigenvalue weighted by Crippen LogP contribution is 2.35. The molecule has 1 aliphatic heterocycles. The van der Waals surface area contributed by atoms with Crippen molar-refractivity contribution in [2.24, 2.45) is 5.92 Å². The Labute approximate surface area is 170 Å². The summed E-state index contributed by atoms with van der Waals surface area (Å²) in [5.74, 6) is -1.40. The Morgan fingerprint density at radius 3 is 2.72 bits per heavy atom. The van der Waals surface area contributed by atoms with Crippen molar-refractivity contribution in [3.63, 3.8) is 0 Å². The number of carboxylic acids is 1. The van der Waals surface area contributed by atoms with E-state index in [2.05, 4.69) is 4.98 Å². The number of carbonyl (C=O) groups is 2. The number of rotatable bonds is 3. The van der Waals surface area contributed by atoms with E-state index in [1.165, 1.54) is 4.90 Å². The van der Waals surface area contributed by atoms with Crippen LogP contribution in [0.1, 0.15) is 6.42 Å². The Hall–Kier alpha value is -3.38. The number of carboxylic acid groups (broad SMARTS) is 1. The largest absolute Gasteiger partial charge is 0.481 e. The molecule has 5 rings (SSSR count). The monoisotopic (exact) mass is 406 g/mol. The lowest BCUT2D eigenvalue weighted by Gasteiger charge is -2.15. The maximum Gasteiger partial charge on any atom is 0.308 e. The number of carbonyl (C=O) groups excluding carboxylic acids is 1. The first-order valence-corrected chi connectivity index (χ1v) is 9.50. The summed E-state index contributed by atoms with van der Waals surface area (Å²) in [4.78, 5) is 29.5. The molecular formula is C22H15ClN2O4. The molecule has 0 saturated carbocycles. The minimum atomic E-state index is -0.960. The predicted molar refractivity (Wildman–Crippen MR) is 110 cm³/mol. The van der Waals surface area contributed by atoms with Crippen molar-refractivity contribution in [1.29, 1.82) is 0 Å². The molecule has 144 valence electrons. The number of halogens is 1. The van der Waals surface area contributed by atoms with Gasteiger partial charge in [-0.1, -0.05) is 35.9 Å². The number of nitrogens with zero attached hydrogens (tertiary/aromatic N) is 2. The van der Waals surface area contributed by atoms with Crippen LogP contribution in [0, 0.1) is 5.92 Å². The van der Waals surface area contributed by atoms with Crippen molar-refractivity contribution in [2.45, 2.75) is 6.42 Å². The minimum absolute atomic E-state index is 0.00574.